The molecule has 0 fully saturated rings. The van der Waals surface area contributed by atoms with Crippen LogP contribution in [0.1, 0.15) is 34.5 Å². The minimum absolute atomic E-state index is 0.0175. The molecular weight excluding hydrogens is 484 g/mol. The molecule has 1 atom stereocenters. The first-order chi connectivity index (χ1) is 15.4. The van der Waals surface area contributed by atoms with Crippen molar-refractivity contribution in [3.8, 4) is 0 Å². The highest BCUT2D eigenvalue weighted by molar-refractivity contribution is 7.92. The molecular formula is C23H23ClN2O5S2. The Morgan fingerprint density at radius 3 is 2.21 bits per heavy atom. The molecule has 3 rings (SSSR count). The second kappa shape index (κ2) is 9.54. The number of sulfone groups is 1. The summed E-state index contributed by atoms with van der Waals surface area (Å²) in [6, 6.07) is 16.6. The molecule has 0 aromatic heterocycles. The quantitative estimate of drug-likeness (QED) is 0.495. The molecule has 0 saturated carbocycles. The Kier molecular flexibility index (Phi) is 7.16. The van der Waals surface area contributed by atoms with Gasteiger partial charge in [-0.25, -0.2) is 16.8 Å². The van der Waals surface area contributed by atoms with Crippen molar-refractivity contribution >= 4 is 43.1 Å². The third kappa shape index (κ3) is 6.13. The first kappa shape index (κ1) is 24.8. The van der Waals surface area contributed by atoms with Crippen LogP contribution in [0.25, 0.3) is 0 Å². The average molecular weight is 507 g/mol. The van der Waals surface area contributed by atoms with Gasteiger partial charge in [0.1, 0.15) is 4.90 Å². The van der Waals surface area contributed by atoms with Crippen LogP contribution in [-0.2, 0) is 19.9 Å². The number of sulfonamides is 1. The van der Waals surface area contributed by atoms with Crippen LogP contribution >= 0.6 is 11.6 Å². The number of hydrogen-bond acceptors (Lipinski definition) is 5. The first-order valence-electron chi connectivity index (χ1n) is 9.87. The molecule has 174 valence electrons. The summed E-state index contributed by atoms with van der Waals surface area (Å²) < 4.78 is 51.5. The van der Waals surface area contributed by atoms with Crippen LogP contribution in [0.15, 0.2) is 76.5 Å². The molecule has 1 amide bonds. The summed E-state index contributed by atoms with van der Waals surface area (Å²) in [5.41, 5.74) is 2.07. The Bertz CT molecular complexity index is 1400. The van der Waals surface area contributed by atoms with Gasteiger partial charge in [-0.1, -0.05) is 35.9 Å². The Labute approximate surface area is 198 Å². The van der Waals surface area contributed by atoms with Gasteiger partial charge in [-0.15, -0.1) is 0 Å². The molecule has 2 N–H and O–H groups in total. The molecule has 0 bridgehead atoms. The Balaban J connectivity index is 1.81. The van der Waals surface area contributed by atoms with Gasteiger partial charge >= 0.3 is 0 Å². The highest BCUT2D eigenvalue weighted by atomic mass is 35.5. The largest absolute Gasteiger partial charge is 0.346 e. The van der Waals surface area contributed by atoms with Crippen LogP contribution in [0.3, 0.4) is 0 Å². The number of carbonyl (C=O) groups is 1. The lowest BCUT2D eigenvalue weighted by molar-refractivity contribution is 0.0939. The molecule has 33 heavy (non-hydrogen) atoms. The van der Waals surface area contributed by atoms with E-state index in [1.165, 1.54) is 30.3 Å². The SMILES string of the molecule is Cc1cccc(NS(=O)(=O)c2cc(C(=O)N[C@@H](C)c3ccc(S(C)(=O)=O)cc3)ccc2Cl)c1. The molecule has 10 heteroatoms. The highest BCUT2D eigenvalue weighted by Crippen LogP contribution is 2.26. The number of halogens is 1. The molecule has 0 saturated heterocycles. The molecule has 0 aliphatic carbocycles. The van der Waals surface area contributed by atoms with Crippen LogP contribution in [-0.4, -0.2) is 29.0 Å². The summed E-state index contributed by atoms with van der Waals surface area (Å²) in [4.78, 5) is 12.7. The number of aryl methyl sites for hydroxylation is 1. The zero-order valence-electron chi connectivity index (χ0n) is 18.2. The van der Waals surface area contributed by atoms with E-state index in [9.17, 15) is 21.6 Å². The molecule has 0 radical (unpaired) electrons. The van der Waals surface area contributed by atoms with Crippen molar-refractivity contribution in [2.45, 2.75) is 29.7 Å². The van der Waals surface area contributed by atoms with Gasteiger partial charge < -0.3 is 5.32 Å². The lowest BCUT2D eigenvalue weighted by Crippen LogP contribution is -2.27. The van der Waals surface area contributed by atoms with E-state index in [0.717, 1.165) is 11.8 Å². The maximum Gasteiger partial charge on any atom is 0.263 e. The summed E-state index contributed by atoms with van der Waals surface area (Å²) in [6.45, 7) is 3.58. The standard InChI is InChI=1S/C23H23ClN2O5S2/c1-15-5-4-6-19(13-15)26-33(30,31)22-14-18(9-12-21(22)24)23(27)25-16(2)17-7-10-20(11-8-17)32(3,28)29/h4-14,16,26H,1-3H3,(H,25,27)/t16-/m0/s1. The van der Waals surface area contributed by atoms with Gasteiger partial charge in [-0.05, 0) is 67.4 Å². The molecule has 0 aliphatic heterocycles. The number of hydrogen-bond donors (Lipinski definition) is 2. The smallest absolute Gasteiger partial charge is 0.263 e. The zero-order chi connectivity index (χ0) is 24.4. The van der Waals surface area contributed by atoms with Crippen molar-refractivity contribution in [2.24, 2.45) is 0 Å². The fourth-order valence-corrected chi connectivity index (χ4v) is 5.34. The Hall–Kier alpha value is -2.88. The van der Waals surface area contributed by atoms with E-state index in [4.69, 9.17) is 11.6 Å². The molecule has 0 aliphatic rings. The number of carbonyl (C=O) groups excluding carboxylic acids is 1. The molecule has 3 aromatic carbocycles. The Morgan fingerprint density at radius 1 is 0.939 bits per heavy atom. The van der Waals surface area contributed by atoms with E-state index in [1.807, 2.05) is 13.0 Å². The molecule has 0 heterocycles. The maximum absolute atomic E-state index is 12.9. The van der Waals surface area contributed by atoms with Crippen molar-refractivity contribution in [3.05, 3.63) is 88.4 Å². The summed E-state index contributed by atoms with van der Waals surface area (Å²) >= 11 is 6.14. The molecule has 0 spiro atoms. The normalized spacial score (nSPS) is 12.7. The van der Waals surface area contributed by atoms with Gasteiger partial charge in [-0.3, -0.25) is 9.52 Å². The lowest BCUT2D eigenvalue weighted by atomic mass is 10.1. The number of anilines is 1. The summed E-state index contributed by atoms with van der Waals surface area (Å²) in [5.74, 6) is -0.502. The van der Waals surface area contributed by atoms with E-state index < -0.39 is 31.8 Å². The summed E-state index contributed by atoms with van der Waals surface area (Å²) in [5, 5.41) is 2.76. The van der Waals surface area contributed by atoms with Crippen LogP contribution in [0, 0.1) is 6.92 Å². The molecule has 3 aromatic rings. The van der Waals surface area contributed by atoms with Crippen LogP contribution in [0.5, 0.6) is 0 Å². The predicted molar refractivity (Wildman–Crippen MR) is 129 cm³/mol. The topological polar surface area (TPSA) is 109 Å². The monoisotopic (exact) mass is 506 g/mol. The van der Waals surface area contributed by atoms with Gasteiger partial charge in [0.25, 0.3) is 15.9 Å². The van der Waals surface area contributed by atoms with Crippen molar-refractivity contribution in [1.29, 1.82) is 0 Å². The van der Waals surface area contributed by atoms with Gasteiger partial charge in [0.15, 0.2) is 9.84 Å². The van der Waals surface area contributed by atoms with Crippen LogP contribution < -0.4 is 10.0 Å². The summed E-state index contributed by atoms with van der Waals surface area (Å²) in [7, 11) is -7.36. The predicted octanol–water partition coefficient (Wildman–Crippen LogP) is 4.34. The van der Waals surface area contributed by atoms with Crippen LogP contribution in [0.4, 0.5) is 5.69 Å². The van der Waals surface area contributed by atoms with Crippen molar-refractivity contribution < 1.29 is 21.6 Å². The number of rotatable bonds is 7. The fraction of sp³-hybridized carbons (Fsp3) is 0.174. The van der Waals surface area contributed by atoms with Crippen LogP contribution in [0.2, 0.25) is 5.02 Å². The number of benzene rings is 3. The van der Waals surface area contributed by atoms with Gasteiger partial charge in [0, 0.05) is 17.5 Å². The Morgan fingerprint density at radius 2 is 1.61 bits per heavy atom. The minimum atomic E-state index is -4.04. The number of amides is 1. The first-order valence-corrected chi connectivity index (χ1v) is 13.6. The molecule has 0 unspecified atom stereocenters. The van der Waals surface area contributed by atoms with E-state index in [-0.39, 0.29) is 20.4 Å². The van der Waals surface area contributed by atoms with Gasteiger partial charge in [0.05, 0.1) is 16.0 Å². The second-order valence-electron chi connectivity index (χ2n) is 7.66. The van der Waals surface area contributed by atoms with Gasteiger partial charge in [-0.2, -0.15) is 0 Å². The number of nitrogens with one attached hydrogen (secondary N) is 2. The van der Waals surface area contributed by atoms with Crippen molar-refractivity contribution in [3.63, 3.8) is 0 Å². The third-order valence-electron chi connectivity index (χ3n) is 4.91. The maximum atomic E-state index is 12.9. The van der Waals surface area contributed by atoms with E-state index >= 15 is 0 Å². The minimum Gasteiger partial charge on any atom is -0.346 e. The third-order valence-corrected chi connectivity index (χ3v) is 7.90. The van der Waals surface area contributed by atoms with Crippen molar-refractivity contribution in [2.75, 3.05) is 11.0 Å². The van der Waals surface area contributed by atoms with E-state index in [0.29, 0.717) is 11.3 Å². The van der Waals surface area contributed by atoms with E-state index in [1.54, 1.807) is 37.3 Å². The van der Waals surface area contributed by atoms with Crippen molar-refractivity contribution in [1.82, 2.24) is 5.32 Å². The lowest BCUT2D eigenvalue weighted by Gasteiger charge is -2.16. The zero-order valence-corrected chi connectivity index (χ0v) is 20.6. The fourth-order valence-electron chi connectivity index (χ4n) is 3.14. The summed E-state index contributed by atoms with van der Waals surface area (Å²) in [6.07, 6.45) is 1.12. The van der Waals surface area contributed by atoms with E-state index in [2.05, 4.69) is 10.0 Å². The average Bonchev–Trinajstić information content (AvgIpc) is 2.73. The van der Waals surface area contributed by atoms with Gasteiger partial charge in [0.2, 0.25) is 0 Å². The molecule has 7 nitrogen and oxygen atoms in total. The second-order valence-corrected chi connectivity index (χ2v) is 11.7. The highest BCUT2D eigenvalue weighted by Gasteiger charge is 2.21.